The van der Waals surface area contributed by atoms with Gasteiger partial charge in [-0.15, -0.1) is 12.3 Å². The predicted molar refractivity (Wildman–Crippen MR) is 260 cm³/mol. The van der Waals surface area contributed by atoms with Crippen molar-refractivity contribution in [3.8, 4) is 18.4 Å². The van der Waals surface area contributed by atoms with Crippen LogP contribution in [-0.4, -0.2) is 113 Å². The van der Waals surface area contributed by atoms with E-state index in [0.717, 1.165) is 16.0 Å². The molecule has 386 valence electrons. The fraction of sp³-hybridized carbons (Fsp3) is 0.490. The molecule has 0 aliphatic carbocycles. The first-order valence-corrected chi connectivity index (χ1v) is 23.7. The maximum absolute atomic E-state index is 13.9. The van der Waals surface area contributed by atoms with Gasteiger partial charge in [0.25, 0.3) is 11.8 Å². The third-order valence-corrected chi connectivity index (χ3v) is 11.2. The zero-order valence-corrected chi connectivity index (χ0v) is 41.2. The minimum atomic E-state index is -3.22. The molecule has 72 heavy (non-hydrogen) atoms. The summed E-state index contributed by atoms with van der Waals surface area (Å²) in [6, 6.07) is 10.1. The standard InChI is InChI=1S/C51H63F2N9O10/c1-7-9-15-39(47(68)60-38(13-8-2)46(67)61-40(16-10-11-25-56-49(70)72-50(4,5)6)48(69)71-30-33-20-18-32(3)19-21-33)59-42(64)23-22-41(63)58-37-17-12-14-35-36(24-26-55-44(35)37)45(66)57-29-43(65)62-31-51(52,53)27-34(62)28-54/h2,12,14,17-21,24,26,34,38-40H,7,9-11,13,15-16,22-23,25,27,29-31H2,1,3-6H3,(H,56,70)(H,57,66)(H,58,63)(H,59,64)(H,60,68)(H,61,67)/t34-,38-,39-,40-/m0/s1. The first-order valence-electron chi connectivity index (χ1n) is 23.7. The number of unbranched alkanes of at least 4 members (excludes halogenated alkanes) is 2. The van der Waals surface area contributed by atoms with Crippen LogP contribution in [0.5, 0.6) is 0 Å². The second kappa shape index (κ2) is 27.1. The highest BCUT2D eigenvalue weighted by Gasteiger charge is 2.47. The topological polar surface area (TPSA) is 267 Å². The van der Waals surface area contributed by atoms with Crippen LogP contribution in [0, 0.1) is 30.6 Å². The van der Waals surface area contributed by atoms with Crippen LogP contribution in [0.4, 0.5) is 19.3 Å². The average molecular weight is 1000 g/mol. The SMILES string of the molecule is C#CC[C@H](NC(=O)[C@H](CCCC)NC(=O)CCC(=O)Nc1cccc2c(C(=O)NCC(=O)N3CC(F)(F)C[C@H]3C#N)ccnc12)C(=O)N[C@@H](CCCCNC(=O)OC(C)(C)C)C(=O)OCc1ccc(C)cc1. The molecule has 4 rings (SSSR count). The lowest BCUT2D eigenvalue weighted by Crippen LogP contribution is -2.55. The average Bonchev–Trinajstić information content (AvgIpc) is 3.66. The minimum absolute atomic E-state index is 0.0583. The molecule has 0 unspecified atom stereocenters. The molecule has 0 spiro atoms. The zero-order valence-electron chi connectivity index (χ0n) is 41.2. The van der Waals surface area contributed by atoms with Crippen molar-refractivity contribution in [2.75, 3.05) is 25.0 Å². The first kappa shape index (κ1) is 56.9. The number of anilines is 1. The largest absolute Gasteiger partial charge is 0.459 e. The van der Waals surface area contributed by atoms with E-state index in [4.69, 9.17) is 15.9 Å². The number of pyridine rings is 1. The Labute approximate surface area is 417 Å². The lowest BCUT2D eigenvalue weighted by Gasteiger charge is -2.24. The molecule has 3 aromatic rings. The molecule has 1 aromatic heterocycles. The Morgan fingerprint density at radius 3 is 2.25 bits per heavy atom. The van der Waals surface area contributed by atoms with Crippen LogP contribution < -0.4 is 31.9 Å². The molecule has 1 saturated heterocycles. The first-order chi connectivity index (χ1) is 34.1. The molecule has 1 fully saturated rings. The third-order valence-electron chi connectivity index (χ3n) is 11.2. The van der Waals surface area contributed by atoms with Gasteiger partial charge in [0, 0.05) is 43.8 Å². The van der Waals surface area contributed by atoms with Gasteiger partial charge in [-0.2, -0.15) is 5.26 Å². The molecule has 1 aliphatic rings. The smallest absolute Gasteiger partial charge is 0.407 e. The van der Waals surface area contributed by atoms with Gasteiger partial charge in [-0.25, -0.2) is 18.4 Å². The number of nitriles is 1. The number of nitrogens with zero attached hydrogens (tertiary/aromatic N) is 3. The number of rotatable bonds is 24. The van der Waals surface area contributed by atoms with Crippen LogP contribution in [0.2, 0.25) is 0 Å². The highest BCUT2D eigenvalue weighted by atomic mass is 19.3. The number of alkyl halides is 2. The van der Waals surface area contributed by atoms with Crippen molar-refractivity contribution in [1.82, 2.24) is 36.5 Å². The van der Waals surface area contributed by atoms with Crippen molar-refractivity contribution < 1.29 is 56.6 Å². The molecule has 2 aromatic carbocycles. The van der Waals surface area contributed by atoms with Crippen molar-refractivity contribution in [3.63, 3.8) is 0 Å². The molecule has 19 nitrogen and oxygen atoms in total. The van der Waals surface area contributed by atoms with Crippen molar-refractivity contribution in [2.45, 2.75) is 141 Å². The second-order valence-corrected chi connectivity index (χ2v) is 18.3. The summed E-state index contributed by atoms with van der Waals surface area (Å²) in [5.74, 6) is -5.93. The number of terminal acetylenes is 1. The van der Waals surface area contributed by atoms with Crippen LogP contribution in [0.3, 0.4) is 0 Å². The number of aromatic nitrogens is 1. The van der Waals surface area contributed by atoms with Gasteiger partial charge in [0.15, 0.2) is 0 Å². The fourth-order valence-corrected chi connectivity index (χ4v) is 7.44. The van der Waals surface area contributed by atoms with Crippen molar-refractivity contribution in [3.05, 3.63) is 71.4 Å². The number of carbonyl (C=O) groups is 8. The number of esters is 1. The van der Waals surface area contributed by atoms with Crippen LogP contribution in [0.25, 0.3) is 10.9 Å². The zero-order chi connectivity index (χ0) is 53.0. The Kier molecular flexibility index (Phi) is 21.4. The number of hydrogen-bond acceptors (Lipinski definition) is 12. The maximum atomic E-state index is 13.9. The molecule has 0 bridgehead atoms. The summed E-state index contributed by atoms with van der Waals surface area (Å²) in [4.78, 5) is 110. The number of alkyl carbamates (subject to hydrolysis) is 1. The van der Waals surface area contributed by atoms with E-state index in [9.17, 15) is 52.4 Å². The van der Waals surface area contributed by atoms with Crippen LogP contribution >= 0.6 is 0 Å². The number of aryl methyl sites for hydroxylation is 1. The van der Waals surface area contributed by atoms with E-state index in [-0.39, 0.29) is 67.4 Å². The number of likely N-dealkylation sites (tertiary alicyclic amines) is 1. The number of amides is 7. The van der Waals surface area contributed by atoms with Gasteiger partial charge in [0.2, 0.25) is 29.5 Å². The summed E-state index contributed by atoms with van der Waals surface area (Å²) in [6.07, 6.45) is 6.81. The number of fused-ring (bicyclic) bond motifs is 1. The van der Waals surface area contributed by atoms with Gasteiger partial charge in [-0.3, -0.25) is 33.8 Å². The lowest BCUT2D eigenvalue weighted by molar-refractivity contribution is -0.149. The van der Waals surface area contributed by atoms with E-state index in [2.05, 4.69) is 42.8 Å². The molecule has 6 N–H and O–H groups in total. The lowest BCUT2D eigenvalue weighted by atomic mass is 10.1. The fourth-order valence-electron chi connectivity index (χ4n) is 7.44. The summed E-state index contributed by atoms with van der Waals surface area (Å²) >= 11 is 0. The summed E-state index contributed by atoms with van der Waals surface area (Å²) < 4.78 is 38.6. The second-order valence-electron chi connectivity index (χ2n) is 18.3. The highest BCUT2D eigenvalue weighted by molar-refractivity contribution is 6.11. The van der Waals surface area contributed by atoms with Gasteiger partial charge in [-0.1, -0.05) is 61.7 Å². The summed E-state index contributed by atoms with van der Waals surface area (Å²) in [5, 5.41) is 25.2. The molecule has 2 heterocycles. The normalized spacial score (nSPS) is 15.1. The molecule has 0 saturated carbocycles. The number of carbonyl (C=O) groups excluding carboxylic acids is 8. The van der Waals surface area contributed by atoms with E-state index < -0.39 is 103 Å². The minimum Gasteiger partial charge on any atom is -0.459 e. The van der Waals surface area contributed by atoms with E-state index in [1.807, 2.05) is 38.1 Å². The quantitative estimate of drug-likeness (QED) is 0.0399. The molecule has 1 aliphatic heterocycles. The van der Waals surface area contributed by atoms with E-state index >= 15 is 0 Å². The Bertz CT molecular complexity index is 2520. The van der Waals surface area contributed by atoms with E-state index in [1.54, 1.807) is 32.9 Å². The van der Waals surface area contributed by atoms with E-state index in [0.29, 0.717) is 25.7 Å². The molecule has 7 amide bonds. The molecule has 21 heteroatoms. The summed E-state index contributed by atoms with van der Waals surface area (Å²) in [5.41, 5.74) is 1.50. The van der Waals surface area contributed by atoms with Gasteiger partial charge in [0.1, 0.15) is 36.4 Å². The van der Waals surface area contributed by atoms with Gasteiger partial charge >= 0.3 is 12.1 Å². The number of nitrogens with one attached hydrogen (secondary N) is 6. The van der Waals surface area contributed by atoms with Crippen LogP contribution in [-0.2, 0) is 44.8 Å². The van der Waals surface area contributed by atoms with Crippen molar-refractivity contribution in [2.24, 2.45) is 0 Å². The number of hydrogen-bond donors (Lipinski definition) is 6. The number of benzene rings is 2. The van der Waals surface area contributed by atoms with E-state index in [1.165, 1.54) is 24.4 Å². The van der Waals surface area contributed by atoms with Gasteiger partial charge in [-0.05, 0) is 71.1 Å². The molecular weight excluding hydrogens is 937 g/mol. The third kappa shape index (κ3) is 18.2. The highest BCUT2D eigenvalue weighted by Crippen LogP contribution is 2.32. The van der Waals surface area contributed by atoms with Crippen molar-refractivity contribution in [1.29, 1.82) is 5.26 Å². The number of ether oxygens (including phenoxy) is 2. The summed E-state index contributed by atoms with van der Waals surface area (Å²) in [6.45, 7) is 7.60. The molecule has 0 radical (unpaired) electrons. The Morgan fingerprint density at radius 2 is 1.57 bits per heavy atom. The van der Waals surface area contributed by atoms with Crippen molar-refractivity contribution >= 4 is 64.1 Å². The van der Waals surface area contributed by atoms with Gasteiger partial charge in [0.05, 0.1) is 35.9 Å². The Morgan fingerprint density at radius 1 is 0.889 bits per heavy atom. The number of para-hydroxylation sites is 1. The van der Waals surface area contributed by atoms with Crippen LogP contribution in [0.1, 0.15) is 113 Å². The Hall–Kier alpha value is -7.68. The summed E-state index contributed by atoms with van der Waals surface area (Å²) in [7, 11) is 0. The molecular formula is C51H63F2N9O10. The maximum Gasteiger partial charge on any atom is 0.407 e. The Balaban J connectivity index is 1.35. The monoisotopic (exact) mass is 999 g/mol. The van der Waals surface area contributed by atoms with Gasteiger partial charge < -0.3 is 46.3 Å². The number of halogens is 2. The predicted octanol–water partition coefficient (Wildman–Crippen LogP) is 4.86. The van der Waals surface area contributed by atoms with Crippen LogP contribution in [0.15, 0.2) is 54.7 Å². The molecule has 4 atom stereocenters.